The average Bonchev–Trinajstić information content (AvgIpc) is 2.14. The maximum Gasteiger partial charge on any atom is 0.143 e. The Morgan fingerprint density at radius 2 is 2.38 bits per heavy atom. The summed E-state index contributed by atoms with van der Waals surface area (Å²) in [6.45, 7) is 1.08. The molecular weight excluding hydrogens is 168 g/mol. The molecule has 1 aromatic heterocycles. The van der Waals surface area contributed by atoms with Crippen LogP contribution >= 0.6 is 0 Å². The number of aromatic nitrogens is 1. The first-order valence-electron chi connectivity index (χ1n) is 4.19. The van der Waals surface area contributed by atoms with Gasteiger partial charge in [0.1, 0.15) is 17.0 Å². The van der Waals surface area contributed by atoms with Gasteiger partial charge in [0.05, 0.1) is 7.11 Å². The van der Waals surface area contributed by atoms with E-state index >= 15 is 0 Å². The number of hydrogen-bond donors (Lipinski definition) is 2. The molecule has 2 N–H and O–H groups in total. The molecule has 1 aliphatic heterocycles. The quantitative estimate of drug-likeness (QED) is 0.666. The summed E-state index contributed by atoms with van der Waals surface area (Å²) in [5, 5.41) is 13.0. The van der Waals surface area contributed by atoms with E-state index in [9.17, 15) is 5.11 Å². The van der Waals surface area contributed by atoms with Gasteiger partial charge < -0.3 is 15.2 Å². The number of rotatable bonds is 2. The Kier molecular flexibility index (Phi) is 1.94. The van der Waals surface area contributed by atoms with Crippen LogP contribution in [0.3, 0.4) is 0 Å². The van der Waals surface area contributed by atoms with Gasteiger partial charge in [-0.3, -0.25) is 4.98 Å². The molecular formula is C9H12N2O2. The molecule has 1 aromatic rings. The Labute approximate surface area is 76.6 Å². The van der Waals surface area contributed by atoms with Gasteiger partial charge in [-0.1, -0.05) is 0 Å². The summed E-state index contributed by atoms with van der Waals surface area (Å²) in [5.41, 5.74) is -0.219. The predicted octanol–water partition coefficient (Wildman–Crippen LogP) is -0.119. The molecule has 0 aliphatic carbocycles. The molecule has 0 saturated carbocycles. The molecule has 4 nitrogen and oxygen atoms in total. The number of β-amino-alcohol motifs (C(OH)–C–C–N with tert-alkyl or cyclic N) is 1. The van der Waals surface area contributed by atoms with Crippen LogP contribution in [-0.4, -0.2) is 30.3 Å². The summed E-state index contributed by atoms with van der Waals surface area (Å²) in [4.78, 5) is 4.13. The van der Waals surface area contributed by atoms with E-state index < -0.39 is 5.60 Å². The highest BCUT2D eigenvalue weighted by atomic mass is 16.5. The number of methoxy groups -OCH3 is 1. The summed E-state index contributed by atoms with van der Waals surface area (Å²) >= 11 is 0. The molecule has 0 amide bonds. The first-order valence-corrected chi connectivity index (χ1v) is 4.19. The van der Waals surface area contributed by atoms with Crippen molar-refractivity contribution >= 4 is 0 Å². The molecule has 13 heavy (non-hydrogen) atoms. The zero-order chi connectivity index (χ0) is 9.31. The number of nitrogens with zero attached hydrogens (tertiary/aromatic N) is 1. The van der Waals surface area contributed by atoms with Crippen LogP contribution in [0.1, 0.15) is 5.69 Å². The third-order valence-electron chi connectivity index (χ3n) is 2.27. The van der Waals surface area contributed by atoms with Crippen molar-refractivity contribution in [3.8, 4) is 5.75 Å². The molecule has 2 rings (SSSR count). The van der Waals surface area contributed by atoms with Gasteiger partial charge in [0, 0.05) is 19.3 Å². The maximum atomic E-state index is 9.99. The summed E-state index contributed by atoms with van der Waals surface area (Å²) in [5.74, 6) is 0.645. The van der Waals surface area contributed by atoms with Crippen LogP contribution < -0.4 is 10.1 Å². The van der Waals surface area contributed by atoms with Crippen molar-refractivity contribution in [1.29, 1.82) is 0 Å². The van der Waals surface area contributed by atoms with Crippen LogP contribution in [0.15, 0.2) is 18.3 Å². The first-order chi connectivity index (χ1) is 6.26. The molecule has 1 aliphatic rings. The van der Waals surface area contributed by atoms with Gasteiger partial charge in [0.2, 0.25) is 0 Å². The Bertz CT molecular complexity index is 310. The van der Waals surface area contributed by atoms with Crippen molar-refractivity contribution in [1.82, 2.24) is 10.3 Å². The van der Waals surface area contributed by atoms with Gasteiger partial charge in [-0.2, -0.15) is 0 Å². The van der Waals surface area contributed by atoms with Gasteiger partial charge in [-0.15, -0.1) is 0 Å². The lowest BCUT2D eigenvalue weighted by Crippen LogP contribution is -2.57. The molecule has 4 heteroatoms. The van der Waals surface area contributed by atoms with E-state index in [2.05, 4.69) is 10.3 Å². The van der Waals surface area contributed by atoms with E-state index in [-0.39, 0.29) is 0 Å². The fourth-order valence-corrected chi connectivity index (χ4v) is 1.43. The monoisotopic (exact) mass is 180 g/mol. The van der Waals surface area contributed by atoms with E-state index in [1.54, 1.807) is 25.4 Å². The summed E-state index contributed by atoms with van der Waals surface area (Å²) in [6.07, 6.45) is 1.66. The van der Waals surface area contributed by atoms with Crippen LogP contribution in [-0.2, 0) is 5.60 Å². The predicted molar refractivity (Wildman–Crippen MR) is 47.6 cm³/mol. The van der Waals surface area contributed by atoms with Crippen molar-refractivity contribution in [2.45, 2.75) is 5.60 Å². The van der Waals surface area contributed by atoms with Crippen molar-refractivity contribution in [3.05, 3.63) is 24.0 Å². The second kappa shape index (κ2) is 2.97. The molecule has 1 saturated heterocycles. The second-order valence-corrected chi connectivity index (χ2v) is 3.19. The molecule has 0 atom stereocenters. The summed E-state index contributed by atoms with van der Waals surface area (Å²) in [7, 11) is 1.58. The molecule has 0 spiro atoms. The second-order valence-electron chi connectivity index (χ2n) is 3.19. The summed E-state index contributed by atoms with van der Waals surface area (Å²) < 4.78 is 5.12. The fourth-order valence-electron chi connectivity index (χ4n) is 1.43. The van der Waals surface area contributed by atoms with Crippen LogP contribution in [0.25, 0.3) is 0 Å². The van der Waals surface area contributed by atoms with E-state index in [0.717, 1.165) is 0 Å². The molecule has 1 fully saturated rings. The standard InChI is InChI=1S/C9H12N2O2/c1-13-7-3-2-4-11-8(7)9(12)5-10-6-9/h2-4,10,12H,5-6H2,1H3. The number of aliphatic hydroxyl groups is 1. The Balaban J connectivity index is 2.38. The third kappa shape index (κ3) is 1.28. The van der Waals surface area contributed by atoms with E-state index in [4.69, 9.17) is 4.74 Å². The molecule has 0 radical (unpaired) electrons. The van der Waals surface area contributed by atoms with E-state index in [0.29, 0.717) is 24.5 Å². The highest BCUT2D eigenvalue weighted by Gasteiger charge is 2.39. The largest absolute Gasteiger partial charge is 0.495 e. The van der Waals surface area contributed by atoms with E-state index in [1.165, 1.54) is 0 Å². The van der Waals surface area contributed by atoms with Crippen LogP contribution in [0.2, 0.25) is 0 Å². The zero-order valence-corrected chi connectivity index (χ0v) is 7.45. The molecule has 0 unspecified atom stereocenters. The highest BCUT2D eigenvalue weighted by molar-refractivity contribution is 5.33. The van der Waals surface area contributed by atoms with Gasteiger partial charge in [0.25, 0.3) is 0 Å². The lowest BCUT2D eigenvalue weighted by molar-refractivity contribution is -0.0205. The lowest BCUT2D eigenvalue weighted by Gasteiger charge is -2.37. The Morgan fingerprint density at radius 3 is 2.92 bits per heavy atom. The van der Waals surface area contributed by atoms with Crippen molar-refractivity contribution in [3.63, 3.8) is 0 Å². The normalized spacial score (nSPS) is 19.2. The van der Waals surface area contributed by atoms with E-state index in [1.807, 2.05) is 0 Å². The van der Waals surface area contributed by atoms with Gasteiger partial charge in [0.15, 0.2) is 0 Å². The topological polar surface area (TPSA) is 54.4 Å². The minimum Gasteiger partial charge on any atom is -0.495 e. The number of pyridine rings is 1. The highest BCUT2D eigenvalue weighted by Crippen LogP contribution is 2.30. The third-order valence-corrected chi connectivity index (χ3v) is 2.27. The van der Waals surface area contributed by atoms with Crippen LogP contribution in [0, 0.1) is 0 Å². The molecule has 0 aromatic carbocycles. The minimum absolute atomic E-state index is 0.542. The number of ether oxygens (including phenoxy) is 1. The van der Waals surface area contributed by atoms with Gasteiger partial charge >= 0.3 is 0 Å². The maximum absolute atomic E-state index is 9.99. The SMILES string of the molecule is COc1cccnc1C1(O)CNC1. The van der Waals surface area contributed by atoms with Gasteiger partial charge in [-0.25, -0.2) is 0 Å². The van der Waals surface area contributed by atoms with Crippen LogP contribution in [0.4, 0.5) is 0 Å². The molecule has 0 bridgehead atoms. The average molecular weight is 180 g/mol. The Hall–Kier alpha value is -1.13. The fraction of sp³-hybridized carbons (Fsp3) is 0.444. The summed E-state index contributed by atoms with van der Waals surface area (Å²) in [6, 6.07) is 3.59. The molecule has 2 heterocycles. The molecule has 70 valence electrons. The van der Waals surface area contributed by atoms with Crippen molar-refractivity contribution < 1.29 is 9.84 Å². The van der Waals surface area contributed by atoms with Crippen molar-refractivity contribution in [2.24, 2.45) is 0 Å². The van der Waals surface area contributed by atoms with Gasteiger partial charge in [-0.05, 0) is 12.1 Å². The zero-order valence-electron chi connectivity index (χ0n) is 7.45. The number of nitrogens with one attached hydrogen (secondary N) is 1. The smallest absolute Gasteiger partial charge is 0.143 e. The lowest BCUT2D eigenvalue weighted by atomic mass is 9.92. The Morgan fingerprint density at radius 1 is 1.62 bits per heavy atom. The van der Waals surface area contributed by atoms with Crippen LogP contribution in [0.5, 0.6) is 5.75 Å². The van der Waals surface area contributed by atoms with Crippen molar-refractivity contribution in [2.75, 3.05) is 20.2 Å². The minimum atomic E-state index is -0.841. The first kappa shape index (κ1) is 8.47. The number of hydrogen-bond acceptors (Lipinski definition) is 4.